The zero-order valence-electron chi connectivity index (χ0n) is 16.0. The summed E-state index contributed by atoms with van der Waals surface area (Å²) in [5.41, 5.74) is 3.06. The van der Waals surface area contributed by atoms with Gasteiger partial charge in [-0.1, -0.05) is 0 Å². The number of nitrogens with zero attached hydrogens (tertiary/aromatic N) is 6. The summed E-state index contributed by atoms with van der Waals surface area (Å²) in [6.45, 7) is 9.61. The molecule has 1 saturated heterocycles. The van der Waals surface area contributed by atoms with Gasteiger partial charge in [-0.05, 0) is 45.0 Å². The fraction of sp³-hybridized carbons (Fsp3) is 0.400. The molecular formula is C20H24N6O. The van der Waals surface area contributed by atoms with Crippen molar-refractivity contribution in [2.75, 3.05) is 36.0 Å². The first-order valence-electron chi connectivity index (χ1n) is 9.31. The summed E-state index contributed by atoms with van der Waals surface area (Å²) >= 11 is 0. The molecule has 0 saturated carbocycles. The van der Waals surface area contributed by atoms with E-state index >= 15 is 0 Å². The molecule has 3 heterocycles. The number of rotatable bonds is 4. The Morgan fingerprint density at radius 3 is 2.48 bits per heavy atom. The Labute approximate surface area is 159 Å². The molecule has 1 aliphatic heterocycles. The molecule has 7 heteroatoms. The van der Waals surface area contributed by atoms with Gasteiger partial charge in [0.1, 0.15) is 6.33 Å². The highest BCUT2D eigenvalue weighted by molar-refractivity contribution is 5.86. The van der Waals surface area contributed by atoms with Gasteiger partial charge in [0.25, 0.3) is 0 Å². The second-order valence-electron chi connectivity index (χ2n) is 7.02. The van der Waals surface area contributed by atoms with Crippen LogP contribution in [0.1, 0.15) is 19.5 Å². The van der Waals surface area contributed by atoms with Crippen molar-refractivity contribution >= 4 is 22.5 Å². The van der Waals surface area contributed by atoms with E-state index in [2.05, 4.69) is 41.9 Å². The zero-order valence-corrected chi connectivity index (χ0v) is 16.0. The van der Waals surface area contributed by atoms with Crippen LogP contribution in [-0.4, -0.2) is 52.2 Å². The SMILES string of the molecule is Cc1ccnc(N2CCN(c3ccc4ncnc(OC(C)C)c4c3)CC2)n1. The van der Waals surface area contributed by atoms with Gasteiger partial charge in [-0.3, -0.25) is 0 Å². The van der Waals surface area contributed by atoms with Crippen LogP contribution in [-0.2, 0) is 0 Å². The number of aryl methyl sites for hydroxylation is 1. The van der Waals surface area contributed by atoms with Gasteiger partial charge in [0.05, 0.1) is 17.0 Å². The van der Waals surface area contributed by atoms with E-state index in [1.165, 1.54) is 0 Å². The monoisotopic (exact) mass is 364 g/mol. The molecule has 0 atom stereocenters. The molecule has 1 fully saturated rings. The maximum absolute atomic E-state index is 5.86. The summed E-state index contributed by atoms with van der Waals surface area (Å²) in [6.07, 6.45) is 3.45. The molecule has 27 heavy (non-hydrogen) atoms. The van der Waals surface area contributed by atoms with Gasteiger partial charge < -0.3 is 14.5 Å². The van der Waals surface area contributed by atoms with Crippen LogP contribution in [0, 0.1) is 6.92 Å². The van der Waals surface area contributed by atoms with Crippen molar-refractivity contribution in [3.63, 3.8) is 0 Å². The fourth-order valence-electron chi connectivity index (χ4n) is 3.29. The van der Waals surface area contributed by atoms with Crippen LogP contribution in [0.2, 0.25) is 0 Å². The topological polar surface area (TPSA) is 67.3 Å². The summed E-state index contributed by atoms with van der Waals surface area (Å²) in [6, 6.07) is 8.21. The van der Waals surface area contributed by atoms with E-state index in [0.29, 0.717) is 5.88 Å². The van der Waals surface area contributed by atoms with Gasteiger partial charge in [-0.2, -0.15) is 0 Å². The van der Waals surface area contributed by atoms with E-state index < -0.39 is 0 Å². The quantitative estimate of drug-likeness (QED) is 0.705. The number of ether oxygens (including phenoxy) is 1. The predicted octanol–water partition coefficient (Wildman–Crippen LogP) is 2.84. The van der Waals surface area contributed by atoms with Crippen molar-refractivity contribution in [1.82, 2.24) is 19.9 Å². The molecule has 0 unspecified atom stereocenters. The lowest BCUT2D eigenvalue weighted by molar-refractivity contribution is 0.235. The lowest BCUT2D eigenvalue weighted by Crippen LogP contribution is -2.47. The summed E-state index contributed by atoms with van der Waals surface area (Å²) in [4.78, 5) is 22.2. The van der Waals surface area contributed by atoms with E-state index in [-0.39, 0.29) is 6.10 Å². The minimum atomic E-state index is 0.0737. The highest BCUT2D eigenvalue weighted by Gasteiger charge is 2.20. The van der Waals surface area contributed by atoms with Gasteiger partial charge >= 0.3 is 0 Å². The standard InChI is InChI=1S/C20H24N6O/c1-14(2)27-19-17-12-16(4-5-18(17)22-13-23-19)25-8-10-26(11-9-25)20-21-7-6-15(3)24-20/h4-7,12-14H,8-11H2,1-3H3. The minimum Gasteiger partial charge on any atom is -0.474 e. The molecule has 1 aliphatic rings. The first-order valence-corrected chi connectivity index (χ1v) is 9.31. The van der Waals surface area contributed by atoms with Crippen LogP contribution in [0.4, 0.5) is 11.6 Å². The maximum atomic E-state index is 5.86. The molecule has 0 N–H and O–H groups in total. The molecule has 3 aromatic rings. The van der Waals surface area contributed by atoms with Crippen LogP contribution in [0.5, 0.6) is 5.88 Å². The van der Waals surface area contributed by atoms with Crippen molar-refractivity contribution in [3.05, 3.63) is 42.5 Å². The van der Waals surface area contributed by atoms with Crippen LogP contribution in [0.3, 0.4) is 0 Å². The summed E-state index contributed by atoms with van der Waals surface area (Å²) in [5.74, 6) is 1.46. The first kappa shape index (κ1) is 17.5. The minimum absolute atomic E-state index is 0.0737. The van der Waals surface area contributed by atoms with Crippen molar-refractivity contribution in [1.29, 1.82) is 0 Å². The summed E-state index contributed by atoms with van der Waals surface area (Å²) in [5, 5.41) is 0.952. The molecule has 0 bridgehead atoms. The number of anilines is 2. The van der Waals surface area contributed by atoms with E-state index in [1.54, 1.807) is 6.33 Å². The lowest BCUT2D eigenvalue weighted by Gasteiger charge is -2.36. The molecule has 1 aromatic carbocycles. The van der Waals surface area contributed by atoms with Crippen LogP contribution in [0.15, 0.2) is 36.8 Å². The molecule has 4 rings (SSSR count). The normalized spacial score (nSPS) is 14.8. The smallest absolute Gasteiger partial charge is 0.225 e. The van der Waals surface area contributed by atoms with Gasteiger partial charge in [-0.25, -0.2) is 19.9 Å². The van der Waals surface area contributed by atoms with Gasteiger partial charge in [0.15, 0.2) is 0 Å². The van der Waals surface area contributed by atoms with Crippen molar-refractivity contribution in [3.8, 4) is 5.88 Å². The highest BCUT2D eigenvalue weighted by Crippen LogP contribution is 2.28. The van der Waals surface area contributed by atoms with E-state index in [9.17, 15) is 0 Å². The number of hydrogen-bond acceptors (Lipinski definition) is 7. The lowest BCUT2D eigenvalue weighted by atomic mass is 10.2. The Bertz CT molecular complexity index is 937. The Balaban J connectivity index is 1.53. The van der Waals surface area contributed by atoms with E-state index in [0.717, 1.165) is 54.4 Å². The van der Waals surface area contributed by atoms with Crippen molar-refractivity contribution in [2.24, 2.45) is 0 Å². The number of fused-ring (bicyclic) bond motifs is 1. The number of piperazine rings is 1. The average Bonchev–Trinajstić information content (AvgIpc) is 2.68. The number of aromatic nitrogens is 4. The molecule has 2 aromatic heterocycles. The largest absolute Gasteiger partial charge is 0.474 e. The highest BCUT2D eigenvalue weighted by atomic mass is 16.5. The fourth-order valence-corrected chi connectivity index (χ4v) is 3.29. The number of hydrogen-bond donors (Lipinski definition) is 0. The first-order chi connectivity index (χ1) is 13.1. The van der Waals surface area contributed by atoms with E-state index in [4.69, 9.17) is 4.74 Å². The third-order valence-electron chi connectivity index (χ3n) is 4.64. The van der Waals surface area contributed by atoms with Crippen LogP contribution in [0.25, 0.3) is 10.9 Å². The van der Waals surface area contributed by atoms with Crippen LogP contribution < -0.4 is 14.5 Å². The Hall–Kier alpha value is -2.96. The Kier molecular flexibility index (Phi) is 4.75. The molecule has 0 amide bonds. The molecule has 0 radical (unpaired) electrons. The number of benzene rings is 1. The van der Waals surface area contributed by atoms with Gasteiger partial charge in [-0.15, -0.1) is 0 Å². The van der Waals surface area contributed by atoms with Gasteiger partial charge in [0.2, 0.25) is 11.8 Å². The van der Waals surface area contributed by atoms with Crippen molar-refractivity contribution < 1.29 is 4.74 Å². The van der Waals surface area contributed by atoms with E-state index in [1.807, 2.05) is 39.1 Å². The second kappa shape index (κ2) is 7.34. The van der Waals surface area contributed by atoms with Crippen LogP contribution >= 0.6 is 0 Å². The molecular weight excluding hydrogens is 340 g/mol. The summed E-state index contributed by atoms with van der Waals surface area (Å²) in [7, 11) is 0. The molecule has 0 aliphatic carbocycles. The molecule has 0 spiro atoms. The maximum Gasteiger partial charge on any atom is 0.225 e. The predicted molar refractivity (Wildman–Crippen MR) is 106 cm³/mol. The third-order valence-corrected chi connectivity index (χ3v) is 4.64. The Morgan fingerprint density at radius 1 is 0.963 bits per heavy atom. The van der Waals surface area contributed by atoms with Crippen molar-refractivity contribution in [2.45, 2.75) is 26.9 Å². The molecule has 140 valence electrons. The van der Waals surface area contributed by atoms with Gasteiger partial charge in [0, 0.05) is 43.8 Å². The average molecular weight is 364 g/mol. The summed E-state index contributed by atoms with van der Waals surface area (Å²) < 4.78 is 5.86. The zero-order chi connectivity index (χ0) is 18.8. The second-order valence-corrected chi connectivity index (χ2v) is 7.02. The Morgan fingerprint density at radius 2 is 1.74 bits per heavy atom. The third kappa shape index (κ3) is 3.77. The molecule has 7 nitrogen and oxygen atoms in total.